The van der Waals surface area contributed by atoms with E-state index in [0.29, 0.717) is 25.0 Å². The highest BCUT2D eigenvalue weighted by Crippen LogP contribution is 2.20. The van der Waals surface area contributed by atoms with Gasteiger partial charge in [0.25, 0.3) is 0 Å². The molecule has 7 amide bonds. The van der Waals surface area contributed by atoms with Crippen LogP contribution in [-0.4, -0.2) is 163 Å². The standard InChI is InChI=1S/C39H63N11O14/c1-20(2)15-26(35(59)45-23(9-11-30(53)54)33(57)47-25(39(63)64)7-4-5-13-40)48-37(61)32(21(3)51)49-34(58)24(10-12-31(55)56)46-36(60)28-8-6-14-50(28)38(62)27(44-29(52)17-41)16-22-18-42-19-43-22/h18-21,23-28,32,51H,4-17,40-41H2,1-3H3,(H,42,43)(H,44,52)(H,45,59)(H,46,60)(H,47,57)(H,48,61)(H,49,58)(H,53,54)(H,55,56)(H,63,64)/t21-,23+,24+,25+,26+,27+,28+,32+/m1/s1. The van der Waals surface area contributed by atoms with Crippen molar-refractivity contribution in [2.75, 3.05) is 19.6 Å². The highest BCUT2D eigenvalue weighted by atomic mass is 16.4. The lowest BCUT2D eigenvalue weighted by Crippen LogP contribution is -2.61. The number of carboxylic acid groups (broad SMARTS) is 3. The molecule has 1 aromatic heterocycles. The van der Waals surface area contributed by atoms with E-state index in [4.69, 9.17) is 11.5 Å². The summed E-state index contributed by atoms with van der Waals surface area (Å²) in [4.78, 5) is 137. The smallest absolute Gasteiger partial charge is 0.326 e. The van der Waals surface area contributed by atoms with Gasteiger partial charge in [0, 0.05) is 37.7 Å². The topological polar surface area (TPSA) is 408 Å². The van der Waals surface area contributed by atoms with E-state index in [9.17, 15) is 68.4 Å². The number of nitrogens with one attached hydrogen (secondary N) is 7. The molecule has 0 unspecified atom stereocenters. The average molecular weight is 910 g/mol. The molecule has 25 nitrogen and oxygen atoms in total. The van der Waals surface area contributed by atoms with E-state index in [1.54, 1.807) is 13.8 Å². The number of carbonyl (C=O) groups excluding carboxylic acids is 7. The maximum absolute atomic E-state index is 13.8. The second-order valence-electron chi connectivity index (χ2n) is 15.9. The first-order valence-electron chi connectivity index (χ1n) is 21.0. The van der Waals surface area contributed by atoms with Gasteiger partial charge in [0.2, 0.25) is 41.4 Å². The zero-order chi connectivity index (χ0) is 48.1. The number of aliphatic carboxylic acids is 3. The number of aliphatic hydroxyl groups is 1. The van der Waals surface area contributed by atoms with Crippen LogP contribution in [0.25, 0.3) is 0 Å². The van der Waals surface area contributed by atoms with Crippen LogP contribution in [0.2, 0.25) is 0 Å². The van der Waals surface area contributed by atoms with Gasteiger partial charge in [0.05, 0.1) is 19.0 Å². The number of imidazole rings is 1. The van der Waals surface area contributed by atoms with Gasteiger partial charge in [-0.1, -0.05) is 13.8 Å². The molecule has 2 heterocycles. The van der Waals surface area contributed by atoms with E-state index in [-0.39, 0.29) is 44.7 Å². The fourth-order valence-corrected chi connectivity index (χ4v) is 6.83. The van der Waals surface area contributed by atoms with Crippen LogP contribution in [0.5, 0.6) is 0 Å². The molecule has 0 aromatic carbocycles. The van der Waals surface area contributed by atoms with Crippen molar-refractivity contribution in [2.45, 2.75) is 140 Å². The lowest BCUT2D eigenvalue weighted by molar-refractivity contribution is -0.143. The number of carboxylic acids is 3. The summed E-state index contributed by atoms with van der Waals surface area (Å²) < 4.78 is 0. The van der Waals surface area contributed by atoms with Crippen LogP contribution in [0.15, 0.2) is 12.5 Å². The highest BCUT2D eigenvalue weighted by molar-refractivity contribution is 5.98. The Hall–Kier alpha value is -6.21. The van der Waals surface area contributed by atoms with Crippen molar-refractivity contribution in [1.29, 1.82) is 0 Å². The Morgan fingerprint density at radius 3 is 1.86 bits per heavy atom. The van der Waals surface area contributed by atoms with E-state index in [1.165, 1.54) is 17.4 Å². The predicted octanol–water partition coefficient (Wildman–Crippen LogP) is -3.82. The first-order valence-corrected chi connectivity index (χ1v) is 21.0. The van der Waals surface area contributed by atoms with Gasteiger partial charge in [0.1, 0.15) is 42.3 Å². The molecular formula is C39H63N11O14. The molecule has 1 aliphatic heterocycles. The van der Waals surface area contributed by atoms with E-state index < -0.39 is 140 Å². The number of aliphatic hydroxyl groups excluding tert-OH is 1. The number of nitrogens with two attached hydrogens (primary N) is 2. The number of hydrogen-bond acceptors (Lipinski definition) is 14. The van der Waals surface area contributed by atoms with Crippen LogP contribution < -0.4 is 43.4 Å². The Balaban J connectivity index is 2.30. The Morgan fingerprint density at radius 1 is 0.750 bits per heavy atom. The predicted molar refractivity (Wildman–Crippen MR) is 223 cm³/mol. The van der Waals surface area contributed by atoms with E-state index in [1.807, 2.05) is 0 Å². The van der Waals surface area contributed by atoms with Gasteiger partial charge in [-0.25, -0.2) is 9.78 Å². The van der Waals surface area contributed by atoms with Gasteiger partial charge in [-0.3, -0.25) is 43.2 Å². The molecule has 0 radical (unpaired) electrons. The van der Waals surface area contributed by atoms with Crippen LogP contribution in [-0.2, 0) is 54.4 Å². The van der Waals surface area contributed by atoms with Crippen LogP contribution in [0, 0.1) is 5.92 Å². The van der Waals surface area contributed by atoms with E-state index >= 15 is 0 Å². The summed E-state index contributed by atoms with van der Waals surface area (Å²) >= 11 is 0. The summed E-state index contributed by atoms with van der Waals surface area (Å²) in [6.45, 7) is 4.47. The molecule has 1 aromatic rings. The molecule has 0 aliphatic carbocycles. The molecule has 1 fully saturated rings. The molecular weight excluding hydrogens is 846 g/mol. The average Bonchev–Trinajstić information content (AvgIpc) is 3.94. The number of rotatable bonds is 29. The van der Waals surface area contributed by atoms with E-state index in [0.717, 1.165) is 6.92 Å². The van der Waals surface area contributed by atoms with Gasteiger partial charge in [0.15, 0.2) is 0 Å². The molecule has 64 heavy (non-hydrogen) atoms. The molecule has 8 atom stereocenters. The first kappa shape index (κ1) is 53.9. The number of nitrogens with zero attached hydrogens (tertiary/aromatic N) is 2. The van der Waals surface area contributed by atoms with Crippen LogP contribution in [0.1, 0.15) is 90.7 Å². The summed E-state index contributed by atoms with van der Waals surface area (Å²) in [5.74, 6) is -10.6. The third-order valence-corrected chi connectivity index (χ3v) is 10.2. The largest absolute Gasteiger partial charge is 0.481 e. The maximum atomic E-state index is 13.8. The third kappa shape index (κ3) is 18.3. The van der Waals surface area contributed by atoms with Crippen molar-refractivity contribution in [3.8, 4) is 0 Å². The van der Waals surface area contributed by atoms with Crippen molar-refractivity contribution in [1.82, 2.24) is 46.8 Å². The highest BCUT2D eigenvalue weighted by Gasteiger charge is 2.40. The van der Waals surface area contributed by atoms with Crippen LogP contribution >= 0.6 is 0 Å². The maximum Gasteiger partial charge on any atom is 0.326 e. The molecule has 0 saturated carbocycles. The minimum Gasteiger partial charge on any atom is -0.481 e. The van der Waals surface area contributed by atoms with Crippen molar-refractivity contribution in [3.63, 3.8) is 0 Å². The minimum atomic E-state index is -1.81. The van der Waals surface area contributed by atoms with Crippen molar-refractivity contribution in [3.05, 3.63) is 18.2 Å². The quantitative estimate of drug-likeness (QED) is 0.0343. The summed E-state index contributed by atoms with van der Waals surface area (Å²) in [5, 5.41) is 53.5. The molecule has 25 heteroatoms. The Morgan fingerprint density at radius 2 is 1.33 bits per heavy atom. The van der Waals surface area contributed by atoms with Crippen molar-refractivity contribution >= 4 is 59.3 Å². The lowest BCUT2D eigenvalue weighted by atomic mass is 10.0. The van der Waals surface area contributed by atoms with Gasteiger partial charge in [-0.15, -0.1) is 0 Å². The number of unbranched alkanes of at least 4 members (excludes halogenated alkanes) is 1. The summed E-state index contributed by atoms with van der Waals surface area (Å²) in [5.41, 5.74) is 11.4. The second-order valence-corrected chi connectivity index (χ2v) is 15.9. The first-order chi connectivity index (χ1) is 30.2. The molecule has 2 rings (SSSR count). The number of amides is 7. The van der Waals surface area contributed by atoms with E-state index in [2.05, 4.69) is 41.9 Å². The van der Waals surface area contributed by atoms with Gasteiger partial charge >= 0.3 is 17.9 Å². The Labute approximate surface area is 369 Å². The summed E-state index contributed by atoms with van der Waals surface area (Å²) in [6.07, 6.45) is 0.200. The summed E-state index contributed by atoms with van der Waals surface area (Å²) in [7, 11) is 0. The molecule has 0 spiro atoms. The third-order valence-electron chi connectivity index (χ3n) is 10.2. The number of carbonyl (C=O) groups is 10. The normalized spacial score (nSPS) is 16.8. The number of aromatic nitrogens is 2. The minimum absolute atomic E-state index is 0.000126. The van der Waals surface area contributed by atoms with Gasteiger partial charge in [-0.2, -0.15) is 0 Å². The lowest BCUT2D eigenvalue weighted by Gasteiger charge is -2.30. The number of H-pyrrole nitrogens is 1. The molecule has 358 valence electrons. The monoisotopic (exact) mass is 909 g/mol. The SMILES string of the molecule is CC(C)C[C@H](NC(=O)[C@@H](NC(=O)[C@H](CCC(=O)O)NC(=O)[C@@H]1CCCN1C(=O)[C@H](Cc1cnc[nH]1)NC(=O)CN)[C@@H](C)O)C(=O)N[C@@H](CCC(=O)O)C(=O)N[C@@H](CCCCN)C(=O)O. The van der Waals surface area contributed by atoms with Crippen molar-refractivity contribution in [2.24, 2.45) is 17.4 Å². The van der Waals surface area contributed by atoms with Gasteiger partial charge < -0.3 is 73.7 Å². The Bertz CT molecular complexity index is 1780. The second kappa shape index (κ2) is 27.1. The van der Waals surface area contributed by atoms with Crippen molar-refractivity contribution < 1.29 is 68.4 Å². The zero-order valence-corrected chi connectivity index (χ0v) is 36.2. The molecule has 1 aliphatic rings. The van der Waals surface area contributed by atoms with Crippen LogP contribution in [0.3, 0.4) is 0 Å². The molecule has 0 bridgehead atoms. The number of likely N-dealkylation sites (tertiary alicyclic amines) is 1. The summed E-state index contributed by atoms with van der Waals surface area (Å²) in [6, 6.07) is -10.1. The molecule has 15 N–H and O–H groups in total. The van der Waals surface area contributed by atoms with Gasteiger partial charge in [-0.05, 0) is 70.8 Å². The van der Waals surface area contributed by atoms with Crippen LogP contribution in [0.4, 0.5) is 0 Å². The fourth-order valence-electron chi connectivity index (χ4n) is 6.83. The Kier molecular flexibility index (Phi) is 22.8. The number of hydrogen-bond donors (Lipinski definition) is 13. The zero-order valence-electron chi connectivity index (χ0n) is 36.2. The fraction of sp³-hybridized carbons (Fsp3) is 0.667. The molecule has 1 saturated heterocycles. The number of aromatic amines is 1.